The molecule has 3 rings (SSSR count). The molecular weight excluding hydrogens is 284 g/mol. The Morgan fingerprint density at radius 1 is 1.14 bits per heavy atom. The van der Waals surface area contributed by atoms with E-state index >= 15 is 0 Å². The Morgan fingerprint density at radius 3 is 2.71 bits per heavy atom. The van der Waals surface area contributed by atoms with Gasteiger partial charge in [0.2, 0.25) is 0 Å². The maximum absolute atomic E-state index is 12.2. The Labute approximate surface area is 128 Å². The number of hydrogen-bond acceptors (Lipinski definition) is 1. The molecule has 3 nitrogen and oxygen atoms in total. The molecule has 0 fully saturated rings. The molecule has 0 spiro atoms. The lowest BCUT2D eigenvalue weighted by atomic mass is 10.2. The fourth-order valence-corrected chi connectivity index (χ4v) is 2.54. The highest BCUT2D eigenvalue weighted by molar-refractivity contribution is 6.30. The summed E-state index contributed by atoms with van der Waals surface area (Å²) in [5, 5.41) is 3.50. The van der Waals surface area contributed by atoms with Crippen molar-refractivity contribution in [2.75, 3.05) is 11.4 Å². The van der Waals surface area contributed by atoms with E-state index in [1.807, 2.05) is 48.5 Å². The van der Waals surface area contributed by atoms with Crippen LogP contribution in [-0.4, -0.2) is 12.6 Å². The van der Waals surface area contributed by atoms with Crippen LogP contribution in [0.25, 0.3) is 6.08 Å². The van der Waals surface area contributed by atoms with Gasteiger partial charge in [-0.1, -0.05) is 41.9 Å². The van der Waals surface area contributed by atoms with Gasteiger partial charge in [-0.05, 0) is 41.8 Å². The number of urea groups is 1. The molecule has 2 amide bonds. The van der Waals surface area contributed by atoms with E-state index in [4.69, 9.17) is 11.6 Å². The van der Waals surface area contributed by atoms with Crippen LogP contribution in [0.4, 0.5) is 10.5 Å². The summed E-state index contributed by atoms with van der Waals surface area (Å²) >= 11 is 5.83. The van der Waals surface area contributed by atoms with E-state index in [1.165, 1.54) is 5.56 Å². The lowest BCUT2D eigenvalue weighted by molar-refractivity contribution is 0.250. The number of carbonyl (C=O) groups excluding carboxylic acids is 1. The normalized spacial score (nSPS) is 13.5. The van der Waals surface area contributed by atoms with Crippen LogP contribution < -0.4 is 10.2 Å². The molecule has 1 heterocycles. The van der Waals surface area contributed by atoms with Gasteiger partial charge in [0.25, 0.3) is 0 Å². The standard InChI is InChI=1S/C17H15ClN2O/c18-15-7-5-13(6-8-15)9-11-19-17(21)20-12-10-14-3-1-2-4-16(14)20/h1-9,11H,10,12H2,(H,19,21)/b11-9+. The summed E-state index contributed by atoms with van der Waals surface area (Å²) in [5.41, 5.74) is 3.20. The van der Waals surface area contributed by atoms with E-state index in [2.05, 4.69) is 11.4 Å². The summed E-state index contributed by atoms with van der Waals surface area (Å²) in [6.45, 7) is 0.722. The number of hydrogen-bond donors (Lipinski definition) is 1. The highest BCUT2D eigenvalue weighted by Gasteiger charge is 2.23. The topological polar surface area (TPSA) is 32.3 Å². The van der Waals surface area contributed by atoms with Gasteiger partial charge in [-0.15, -0.1) is 0 Å². The fourth-order valence-electron chi connectivity index (χ4n) is 2.41. The third kappa shape index (κ3) is 3.09. The van der Waals surface area contributed by atoms with Crippen LogP contribution >= 0.6 is 11.6 Å². The van der Waals surface area contributed by atoms with E-state index in [0.717, 1.165) is 24.2 Å². The van der Waals surface area contributed by atoms with Gasteiger partial charge in [0.15, 0.2) is 0 Å². The summed E-state index contributed by atoms with van der Waals surface area (Å²) in [6.07, 6.45) is 4.41. The van der Waals surface area contributed by atoms with Crippen LogP contribution in [0.2, 0.25) is 5.02 Å². The number of carbonyl (C=O) groups is 1. The van der Waals surface area contributed by atoms with E-state index < -0.39 is 0 Å². The predicted octanol–water partition coefficient (Wildman–Crippen LogP) is 4.08. The zero-order valence-electron chi connectivity index (χ0n) is 11.4. The van der Waals surface area contributed by atoms with Crippen LogP contribution in [0.3, 0.4) is 0 Å². The van der Waals surface area contributed by atoms with Crippen molar-refractivity contribution in [3.63, 3.8) is 0 Å². The Morgan fingerprint density at radius 2 is 1.90 bits per heavy atom. The highest BCUT2D eigenvalue weighted by Crippen LogP contribution is 2.27. The number of para-hydroxylation sites is 1. The largest absolute Gasteiger partial charge is 0.325 e. The summed E-state index contributed by atoms with van der Waals surface area (Å²) in [6, 6.07) is 15.3. The molecule has 2 aromatic rings. The zero-order chi connectivity index (χ0) is 14.7. The van der Waals surface area contributed by atoms with Gasteiger partial charge in [0.1, 0.15) is 0 Å². The van der Waals surface area contributed by atoms with Crippen molar-refractivity contribution < 1.29 is 4.79 Å². The number of benzene rings is 2. The van der Waals surface area contributed by atoms with Crippen LogP contribution in [0.1, 0.15) is 11.1 Å². The Balaban J connectivity index is 1.64. The van der Waals surface area contributed by atoms with Crippen molar-refractivity contribution >= 4 is 29.4 Å². The minimum absolute atomic E-state index is 0.106. The number of nitrogens with one attached hydrogen (secondary N) is 1. The lowest BCUT2D eigenvalue weighted by Gasteiger charge is -2.16. The summed E-state index contributed by atoms with van der Waals surface area (Å²) < 4.78 is 0. The Kier molecular flexibility index (Phi) is 3.93. The molecule has 106 valence electrons. The number of amides is 2. The molecule has 0 radical (unpaired) electrons. The van der Waals surface area contributed by atoms with Crippen LogP contribution in [-0.2, 0) is 6.42 Å². The maximum atomic E-state index is 12.2. The van der Waals surface area contributed by atoms with Crippen LogP contribution in [0, 0.1) is 0 Å². The van der Waals surface area contributed by atoms with Gasteiger partial charge >= 0.3 is 6.03 Å². The van der Waals surface area contributed by atoms with Gasteiger partial charge in [-0.2, -0.15) is 0 Å². The first-order valence-corrected chi connectivity index (χ1v) is 7.20. The number of anilines is 1. The van der Waals surface area contributed by atoms with Gasteiger partial charge < -0.3 is 5.32 Å². The van der Waals surface area contributed by atoms with Gasteiger partial charge in [0.05, 0.1) is 0 Å². The highest BCUT2D eigenvalue weighted by atomic mass is 35.5. The molecule has 0 atom stereocenters. The molecule has 0 aliphatic carbocycles. The predicted molar refractivity (Wildman–Crippen MR) is 86.5 cm³/mol. The first kappa shape index (κ1) is 13.7. The summed E-state index contributed by atoms with van der Waals surface area (Å²) in [4.78, 5) is 14.0. The molecular formula is C17H15ClN2O. The van der Waals surface area contributed by atoms with Crippen molar-refractivity contribution in [3.8, 4) is 0 Å². The summed E-state index contributed by atoms with van der Waals surface area (Å²) in [5.74, 6) is 0. The minimum atomic E-state index is -0.106. The van der Waals surface area contributed by atoms with E-state index in [1.54, 1.807) is 11.1 Å². The first-order chi connectivity index (χ1) is 10.2. The third-order valence-corrected chi connectivity index (χ3v) is 3.74. The summed E-state index contributed by atoms with van der Waals surface area (Å²) in [7, 11) is 0. The van der Waals surface area contributed by atoms with Gasteiger partial charge in [-0.3, -0.25) is 4.90 Å². The fraction of sp³-hybridized carbons (Fsp3) is 0.118. The van der Waals surface area contributed by atoms with Crippen LogP contribution in [0.5, 0.6) is 0 Å². The second-order valence-corrected chi connectivity index (χ2v) is 5.30. The average molecular weight is 299 g/mol. The van der Waals surface area contributed by atoms with Crippen molar-refractivity contribution in [2.45, 2.75) is 6.42 Å². The van der Waals surface area contributed by atoms with Crippen molar-refractivity contribution in [2.24, 2.45) is 0 Å². The molecule has 0 saturated carbocycles. The maximum Gasteiger partial charge on any atom is 0.325 e. The van der Waals surface area contributed by atoms with Gasteiger partial charge in [0, 0.05) is 23.5 Å². The molecule has 0 bridgehead atoms. The number of rotatable bonds is 2. The van der Waals surface area contributed by atoms with Crippen LogP contribution in [0.15, 0.2) is 54.7 Å². The van der Waals surface area contributed by atoms with Gasteiger partial charge in [-0.25, -0.2) is 4.79 Å². The first-order valence-electron chi connectivity index (χ1n) is 6.82. The third-order valence-electron chi connectivity index (χ3n) is 3.48. The lowest BCUT2D eigenvalue weighted by Crippen LogP contribution is -2.36. The average Bonchev–Trinajstić information content (AvgIpc) is 2.93. The minimum Gasteiger partial charge on any atom is -0.314 e. The molecule has 0 aromatic heterocycles. The monoisotopic (exact) mass is 298 g/mol. The Bertz CT molecular complexity index is 679. The number of halogens is 1. The molecule has 2 aromatic carbocycles. The molecule has 1 N–H and O–H groups in total. The van der Waals surface area contributed by atoms with Crippen molar-refractivity contribution in [1.29, 1.82) is 0 Å². The molecule has 1 aliphatic rings. The number of fused-ring (bicyclic) bond motifs is 1. The molecule has 4 heteroatoms. The quantitative estimate of drug-likeness (QED) is 0.890. The number of nitrogens with zero attached hydrogens (tertiary/aromatic N) is 1. The SMILES string of the molecule is O=C(N/C=C/c1ccc(Cl)cc1)N1CCc2ccccc21. The van der Waals surface area contributed by atoms with E-state index in [9.17, 15) is 4.79 Å². The van der Waals surface area contributed by atoms with E-state index in [-0.39, 0.29) is 6.03 Å². The smallest absolute Gasteiger partial charge is 0.314 e. The molecule has 21 heavy (non-hydrogen) atoms. The van der Waals surface area contributed by atoms with E-state index in [0.29, 0.717) is 5.02 Å². The Hall–Kier alpha value is -2.26. The van der Waals surface area contributed by atoms with Crippen molar-refractivity contribution in [3.05, 3.63) is 70.9 Å². The second-order valence-electron chi connectivity index (χ2n) is 4.86. The zero-order valence-corrected chi connectivity index (χ0v) is 12.2. The van der Waals surface area contributed by atoms with Crippen molar-refractivity contribution in [1.82, 2.24) is 5.32 Å². The molecule has 1 aliphatic heterocycles. The molecule has 0 saturated heterocycles. The second kappa shape index (κ2) is 6.02. The molecule has 0 unspecified atom stereocenters.